The van der Waals surface area contributed by atoms with Gasteiger partial charge in [-0.1, -0.05) is 48.0 Å². The molecule has 0 atom stereocenters. The summed E-state index contributed by atoms with van der Waals surface area (Å²) in [6, 6.07) is 11.8. The van der Waals surface area contributed by atoms with Crippen molar-refractivity contribution in [2.45, 2.75) is 33.6 Å². The Labute approximate surface area is 158 Å². The van der Waals surface area contributed by atoms with Crippen molar-refractivity contribution >= 4 is 33.6 Å². The van der Waals surface area contributed by atoms with Crippen molar-refractivity contribution < 1.29 is 9.53 Å². The molecule has 1 N–H and O–H groups in total. The highest BCUT2D eigenvalue weighted by atomic mass is 79.9. The van der Waals surface area contributed by atoms with Gasteiger partial charge >= 0.3 is 0 Å². The van der Waals surface area contributed by atoms with E-state index in [1.165, 1.54) is 0 Å². The summed E-state index contributed by atoms with van der Waals surface area (Å²) in [4.78, 5) is 12.4. The lowest BCUT2D eigenvalue weighted by Crippen LogP contribution is -2.11. The molecule has 25 heavy (non-hydrogen) atoms. The predicted octanol–water partition coefficient (Wildman–Crippen LogP) is 5.93. The van der Waals surface area contributed by atoms with E-state index in [-0.39, 0.29) is 5.91 Å². The zero-order valence-electron chi connectivity index (χ0n) is 15.1. The van der Waals surface area contributed by atoms with Crippen LogP contribution in [-0.2, 0) is 4.79 Å². The molecule has 0 bridgehead atoms. The molecule has 0 heterocycles. The molecule has 0 unspecified atom stereocenters. The summed E-state index contributed by atoms with van der Waals surface area (Å²) in [5, 5.41) is 3.02. The molecule has 2 aromatic carbocycles. The number of rotatable bonds is 6. The van der Waals surface area contributed by atoms with Crippen molar-refractivity contribution in [1.29, 1.82) is 0 Å². The van der Waals surface area contributed by atoms with Gasteiger partial charge in [0.2, 0.25) is 5.91 Å². The van der Waals surface area contributed by atoms with Crippen molar-refractivity contribution in [2.75, 3.05) is 11.9 Å². The van der Waals surface area contributed by atoms with Gasteiger partial charge in [-0.2, -0.15) is 0 Å². The van der Waals surface area contributed by atoms with Gasteiger partial charge in [0.1, 0.15) is 5.75 Å². The number of para-hydroxylation sites is 1. The minimum atomic E-state index is -0.154. The average Bonchev–Trinajstić information content (AvgIpc) is 2.56. The third-order valence-electron chi connectivity index (χ3n) is 3.86. The lowest BCUT2D eigenvalue weighted by molar-refractivity contribution is -0.111. The Morgan fingerprint density at radius 2 is 2.04 bits per heavy atom. The summed E-state index contributed by atoms with van der Waals surface area (Å²) < 4.78 is 6.55. The minimum absolute atomic E-state index is 0.154. The molecule has 0 aliphatic carbocycles. The van der Waals surface area contributed by atoms with Gasteiger partial charge in [0.15, 0.2) is 0 Å². The molecule has 4 heteroatoms. The second-order valence-corrected chi connectivity index (χ2v) is 7.05. The van der Waals surface area contributed by atoms with Gasteiger partial charge in [0.25, 0.3) is 0 Å². The normalized spacial score (nSPS) is 11.1. The number of carbonyl (C=O) groups is 1. The largest absolute Gasteiger partial charge is 0.493 e. The van der Waals surface area contributed by atoms with Gasteiger partial charge in [-0.15, -0.1) is 0 Å². The van der Waals surface area contributed by atoms with Crippen LogP contribution in [0.2, 0.25) is 0 Å². The highest BCUT2D eigenvalue weighted by Gasteiger charge is 2.11. The smallest absolute Gasteiger partial charge is 0.248 e. The Morgan fingerprint density at radius 3 is 2.72 bits per heavy atom. The molecule has 0 aliphatic heterocycles. The van der Waals surface area contributed by atoms with E-state index in [2.05, 4.69) is 41.2 Å². The van der Waals surface area contributed by atoms with Gasteiger partial charge in [-0.05, 0) is 55.2 Å². The number of aryl methyl sites for hydroxylation is 1. The molecule has 0 aliphatic rings. The van der Waals surface area contributed by atoms with E-state index in [0.29, 0.717) is 12.5 Å². The molecule has 0 spiro atoms. The number of amides is 1. The third kappa shape index (κ3) is 5.20. The summed E-state index contributed by atoms with van der Waals surface area (Å²) in [6.45, 7) is 8.77. The number of benzene rings is 2. The fourth-order valence-corrected chi connectivity index (χ4v) is 2.99. The number of ether oxygens (including phenoxy) is 1. The molecule has 132 valence electrons. The Hall–Kier alpha value is -2.07. The van der Waals surface area contributed by atoms with Gasteiger partial charge in [0.05, 0.1) is 6.61 Å². The van der Waals surface area contributed by atoms with Crippen LogP contribution in [-0.4, -0.2) is 12.5 Å². The van der Waals surface area contributed by atoms with Crippen LogP contribution in [0.4, 0.5) is 5.69 Å². The number of hydrogen-bond acceptors (Lipinski definition) is 2. The van der Waals surface area contributed by atoms with E-state index in [0.717, 1.165) is 32.6 Å². The van der Waals surface area contributed by atoms with Gasteiger partial charge in [-0.3, -0.25) is 4.79 Å². The molecule has 2 rings (SSSR count). The summed E-state index contributed by atoms with van der Waals surface area (Å²) in [6.07, 6.45) is 3.32. The van der Waals surface area contributed by atoms with Crippen LogP contribution in [0.1, 0.15) is 43.4 Å². The maximum Gasteiger partial charge on any atom is 0.248 e. The fraction of sp³-hybridized carbons (Fsp3) is 0.286. The highest BCUT2D eigenvalue weighted by Crippen LogP contribution is 2.28. The van der Waals surface area contributed by atoms with Crippen LogP contribution in [0.15, 0.2) is 46.9 Å². The van der Waals surface area contributed by atoms with Crippen LogP contribution in [0.25, 0.3) is 6.08 Å². The summed E-state index contributed by atoms with van der Waals surface area (Å²) in [5.41, 5.74) is 3.95. The zero-order valence-corrected chi connectivity index (χ0v) is 16.7. The first-order chi connectivity index (χ1) is 11.9. The summed E-state index contributed by atoms with van der Waals surface area (Å²) in [5.74, 6) is 0.945. The molecule has 0 radical (unpaired) electrons. The number of anilines is 1. The lowest BCUT2D eigenvalue weighted by atomic mass is 9.98. The predicted molar refractivity (Wildman–Crippen MR) is 108 cm³/mol. The second kappa shape index (κ2) is 8.86. The zero-order chi connectivity index (χ0) is 18.4. The third-order valence-corrected chi connectivity index (χ3v) is 4.35. The Bertz CT molecular complexity index is 781. The number of hydrogen-bond donors (Lipinski definition) is 1. The average molecular weight is 402 g/mol. The topological polar surface area (TPSA) is 38.3 Å². The van der Waals surface area contributed by atoms with E-state index in [1.54, 1.807) is 12.2 Å². The van der Waals surface area contributed by atoms with Crippen LogP contribution in [0.3, 0.4) is 0 Å². The van der Waals surface area contributed by atoms with E-state index in [9.17, 15) is 4.79 Å². The molecule has 0 fully saturated rings. The van der Waals surface area contributed by atoms with Crippen LogP contribution >= 0.6 is 15.9 Å². The first-order valence-corrected chi connectivity index (χ1v) is 9.22. The van der Waals surface area contributed by atoms with Gasteiger partial charge in [-0.25, -0.2) is 0 Å². The first kappa shape index (κ1) is 19.3. The minimum Gasteiger partial charge on any atom is -0.493 e. The Morgan fingerprint density at radius 1 is 1.28 bits per heavy atom. The maximum absolute atomic E-state index is 12.4. The monoisotopic (exact) mass is 401 g/mol. The van der Waals surface area contributed by atoms with E-state index in [1.807, 2.05) is 44.2 Å². The molecule has 1 amide bonds. The summed E-state index contributed by atoms with van der Waals surface area (Å²) >= 11 is 3.45. The van der Waals surface area contributed by atoms with Crippen LogP contribution in [0.5, 0.6) is 5.75 Å². The lowest BCUT2D eigenvalue weighted by Gasteiger charge is -2.15. The standard InChI is InChI=1S/C21H24BrNO2/c1-5-25-19-11-10-17(22)13-16(19)9-12-20(24)23-21-15(4)7-6-8-18(21)14(2)3/h6-14H,5H2,1-4H3,(H,23,24)/b12-9+. The number of halogens is 1. The Kier molecular flexibility index (Phi) is 6.82. The van der Waals surface area contributed by atoms with Crippen molar-refractivity contribution in [1.82, 2.24) is 0 Å². The Balaban J connectivity index is 2.22. The molecule has 0 saturated carbocycles. The van der Waals surface area contributed by atoms with E-state index in [4.69, 9.17) is 4.74 Å². The van der Waals surface area contributed by atoms with E-state index >= 15 is 0 Å². The molecule has 3 nitrogen and oxygen atoms in total. The van der Waals surface area contributed by atoms with Crippen LogP contribution < -0.4 is 10.1 Å². The van der Waals surface area contributed by atoms with Crippen molar-refractivity contribution in [2.24, 2.45) is 0 Å². The SMILES string of the molecule is CCOc1ccc(Br)cc1/C=C/C(=O)Nc1c(C)cccc1C(C)C. The molecular formula is C21H24BrNO2. The number of carbonyl (C=O) groups excluding carboxylic acids is 1. The van der Waals surface area contributed by atoms with Gasteiger partial charge < -0.3 is 10.1 Å². The maximum atomic E-state index is 12.4. The fourth-order valence-electron chi connectivity index (χ4n) is 2.61. The van der Waals surface area contributed by atoms with E-state index < -0.39 is 0 Å². The molecular weight excluding hydrogens is 378 g/mol. The molecule has 2 aromatic rings. The summed E-state index contributed by atoms with van der Waals surface area (Å²) in [7, 11) is 0. The van der Waals surface area contributed by atoms with Crippen molar-refractivity contribution in [3.8, 4) is 5.75 Å². The molecule has 0 aromatic heterocycles. The highest BCUT2D eigenvalue weighted by molar-refractivity contribution is 9.10. The first-order valence-electron chi connectivity index (χ1n) is 8.43. The number of nitrogens with one attached hydrogen (secondary N) is 1. The van der Waals surface area contributed by atoms with Gasteiger partial charge in [0, 0.05) is 21.8 Å². The van der Waals surface area contributed by atoms with Crippen molar-refractivity contribution in [3.05, 3.63) is 63.6 Å². The molecule has 0 saturated heterocycles. The quantitative estimate of drug-likeness (QED) is 0.608. The second-order valence-electron chi connectivity index (χ2n) is 6.13. The van der Waals surface area contributed by atoms with Crippen LogP contribution in [0, 0.1) is 6.92 Å². The van der Waals surface area contributed by atoms with Crippen molar-refractivity contribution in [3.63, 3.8) is 0 Å².